The van der Waals surface area contributed by atoms with Crippen molar-refractivity contribution in [2.24, 2.45) is 0 Å². The number of nitrogens with zero attached hydrogens (tertiary/aromatic N) is 2. The highest BCUT2D eigenvalue weighted by Gasteiger charge is 2.15. The normalized spacial score (nSPS) is 10.6. The van der Waals surface area contributed by atoms with Gasteiger partial charge in [-0.05, 0) is 35.6 Å². The van der Waals surface area contributed by atoms with Gasteiger partial charge in [0.05, 0.1) is 28.4 Å². The van der Waals surface area contributed by atoms with Gasteiger partial charge in [0.2, 0.25) is 0 Å². The fourth-order valence-corrected chi connectivity index (χ4v) is 1.92. The molecule has 0 aliphatic rings. The molecule has 0 aliphatic carbocycles. The zero-order chi connectivity index (χ0) is 13.3. The minimum Gasteiger partial charge on any atom is -0.478 e. The Morgan fingerprint density at radius 3 is 3.00 bits per heavy atom. The third-order valence-corrected chi connectivity index (χ3v) is 3.69. The molecule has 0 atom stereocenters. The largest absolute Gasteiger partial charge is 0.478 e. The standard InChI is InChI=1S/C11H9IN2O4/c1-6-9(12)10(15)14(5-13-6)4-8-7(11(16)17)2-3-18-8/h2-3,5H,4H2,1H3,(H,16,17). The predicted molar refractivity (Wildman–Crippen MR) is 70.7 cm³/mol. The van der Waals surface area contributed by atoms with Gasteiger partial charge in [0.15, 0.2) is 0 Å². The van der Waals surface area contributed by atoms with Gasteiger partial charge in [-0.25, -0.2) is 9.78 Å². The average Bonchev–Trinajstić information content (AvgIpc) is 2.78. The van der Waals surface area contributed by atoms with Gasteiger partial charge in [-0.1, -0.05) is 0 Å². The van der Waals surface area contributed by atoms with Crippen LogP contribution < -0.4 is 5.56 Å². The van der Waals surface area contributed by atoms with E-state index in [1.807, 2.05) is 22.6 Å². The maximum atomic E-state index is 11.9. The summed E-state index contributed by atoms with van der Waals surface area (Å²) in [6.45, 7) is 1.79. The van der Waals surface area contributed by atoms with Crippen molar-refractivity contribution in [3.05, 3.63) is 49.6 Å². The van der Waals surface area contributed by atoms with Crippen LogP contribution in [0.5, 0.6) is 0 Å². The molecule has 2 aromatic rings. The minimum atomic E-state index is -1.08. The average molecular weight is 360 g/mol. The van der Waals surface area contributed by atoms with Crippen molar-refractivity contribution in [2.75, 3.05) is 0 Å². The highest BCUT2D eigenvalue weighted by atomic mass is 127. The van der Waals surface area contributed by atoms with E-state index in [1.54, 1.807) is 6.92 Å². The Hall–Kier alpha value is -1.64. The Kier molecular flexibility index (Phi) is 3.50. The van der Waals surface area contributed by atoms with Crippen molar-refractivity contribution in [3.8, 4) is 0 Å². The van der Waals surface area contributed by atoms with Crippen molar-refractivity contribution in [3.63, 3.8) is 0 Å². The Morgan fingerprint density at radius 2 is 2.33 bits per heavy atom. The van der Waals surface area contributed by atoms with Crippen molar-refractivity contribution in [1.82, 2.24) is 9.55 Å². The first-order valence-corrected chi connectivity index (χ1v) is 6.09. The zero-order valence-corrected chi connectivity index (χ0v) is 11.5. The van der Waals surface area contributed by atoms with Gasteiger partial charge in [-0.15, -0.1) is 0 Å². The quantitative estimate of drug-likeness (QED) is 0.839. The lowest BCUT2D eigenvalue weighted by atomic mass is 10.2. The summed E-state index contributed by atoms with van der Waals surface area (Å²) in [4.78, 5) is 26.9. The van der Waals surface area contributed by atoms with Crippen LogP contribution in [0.3, 0.4) is 0 Å². The summed E-state index contributed by atoms with van der Waals surface area (Å²) in [6, 6.07) is 1.36. The molecule has 94 valence electrons. The Labute approximate surface area is 115 Å². The van der Waals surface area contributed by atoms with Crippen LogP contribution >= 0.6 is 22.6 Å². The van der Waals surface area contributed by atoms with Gasteiger partial charge in [-0.2, -0.15) is 0 Å². The number of aromatic nitrogens is 2. The van der Waals surface area contributed by atoms with Crippen LogP contribution in [0.1, 0.15) is 21.8 Å². The summed E-state index contributed by atoms with van der Waals surface area (Å²) in [7, 11) is 0. The molecule has 0 spiro atoms. The number of halogens is 1. The van der Waals surface area contributed by atoms with Gasteiger partial charge in [-0.3, -0.25) is 9.36 Å². The summed E-state index contributed by atoms with van der Waals surface area (Å²) in [5, 5.41) is 8.94. The van der Waals surface area contributed by atoms with E-state index in [9.17, 15) is 9.59 Å². The van der Waals surface area contributed by atoms with Gasteiger partial charge in [0.1, 0.15) is 11.3 Å². The lowest BCUT2D eigenvalue weighted by Gasteiger charge is -2.05. The first kappa shape index (κ1) is 12.8. The molecule has 2 aromatic heterocycles. The molecular weight excluding hydrogens is 351 g/mol. The van der Waals surface area contributed by atoms with Gasteiger partial charge >= 0.3 is 5.97 Å². The van der Waals surface area contributed by atoms with Crippen molar-refractivity contribution in [2.45, 2.75) is 13.5 Å². The van der Waals surface area contributed by atoms with Crippen LogP contribution in [0.4, 0.5) is 0 Å². The summed E-state index contributed by atoms with van der Waals surface area (Å²) >= 11 is 1.92. The first-order valence-electron chi connectivity index (χ1n) is 5.02. The minimum absolute atomic E-state index is 0.0523. The van der Waals surface area contributed by atoms with Crippen LogP contribution in [0.25, 0.3) is 0 Å². The van der Waals surface area contributed by atoms with Crippen molar-refractivity contribution < 1.29 is 14.3 Å². The number of carbonyl (C=O) groups is 1. The number of hydrogen-bond donors (Lipinski definition) is 1. The molecule has 0 amide bonds. The smallest absolute Gasteiger partial charge is 0.339 e. The number of rotatable bonds is 3. The SMILES string of the molecule is Cc1ncn(Cc2occc2C(=O)O)c(=O)c1I. The topological polar surface area (TPSA) is 85.3 Å². The number of furan rings is 1. The molecule has 0 bridgehead atoms. The van der Waals surface area contributed by atoms with Crippen molar-refractivity contribution in [1.29, 1.82) is 0 Å². The predicted octanol–water partition coefficient (Wildman–Crippen LogP) is 1.50. The number of carboxylic acids is 1. The zero-order valence-electron chi connectivity index (χ0n) is 9.38. The third-order valence-electron chi connectivity index (χ3n) is 2.45. The van der Waals surface area contributed by atoms with E-state index in [-0.39, 0.29) is 23.4 Å². The molecule has 6 nitrogen and oxygen atoms in total. The van der Waals surface area contributed by atoms with E-state index in [4.69, 9.17) is 9.52 Å². The molecule has 0 saturated carbocycles. The molecule has 0 aliphatic heterocycles. The molecule has 0 unspecified atom stereocenters. The second-order valence-corrected chi connectivity index (χ2v) is 4.72. The van der Waals surface area contributed by atoms with E-state index < -0.39 is 5.97 Å². The van der Waals surface area contributed by atoms with Crippen LogP contribution in [0.15, 0.2) is 27.9 Å². The molecule has 0 fully saturated rings. The van der Waals surface area contributed by atoms with E-state index in [0.717, 1.165) is 0 Å². The lowest BCUT2D eigenvalue weighted by molar-refractivity contribution is 0.0694. The number of carboxylic acid groups (broad SMARTS) is 1. The highest BCUT2D eigenvalue weighted by Crippen LogP contribution is 2.12. The van der Waals surface area contributed by atoms with Crippen LogP contribution in [0, 0.1) is 10.5 Å². The highest BCUT2D eigenvalue weighted by molar-refractivity contribution is 14.1. The summed E-state index contributed by atoms with van der Waals surface area (Å²) in [6.07, 6.45) is 2.67. The molecule has 7 heteroatoms. The summed E-state index contributed by atoms with van der Waals surface area (Å²) in [5.41, 5.74) is 0.489. The molecule has 0 radical (unpaired) electrons. The van der Waals surface area contributed by atoms with Crippen LogP contribution in [0.2, 0.25) is 0 Å². The number of hydrogen-bond acceptors (Lipinski definition) is 4. The Morgan fingerprint density at radius 1 is 1.61 bits per heavy atom. The Balaban J connectivity index is 2.41. The van der Waals surface area contributed by atoms with Crippen LogP contribution in [-0.4, -0.2) is 20.6 Å². The maximum absolute atomic E-state index is 11.9. The summed E-state index contributed by atoms with van der Waals surface area (Å²) in [5.74, 6) is -0.854. The van der Waals surface area contributed by atoms with Gasteiger partial charge in [0.25, 0.3) is 5.56 Å². The fourth-order valence-electron chi connectivity index (χ4n) is 1.47. The summed E-state index contributed by atoms with van der Waals surface area (Å²) < 4.78 is 6.92. The molecule has 2 heterocycles. The van der Waals surface area contributed by atoms with E-state index >= 15 is 0 Å². The van der Waals surface area contributed by atoms with Gasteiger partial charge in [0, 0.05) is 0 Å². The molecule has 1 N–H and O–H groups in total. The van der Waals surface area contributed by atoms with Gasteiger partial charge < -0.3 is 9.52 Å². The van der Waals surface area contributed by atoms with E-state index in [0.29, 0.717) is 9.26 Å². The second kappa shape index (κ2) is 4.92. The molecular formula is C11H9IN2O4. The Bertz CT molecular complexity index is 659. The number of aromatic carboxylic acids is 1. The van der Waals surface area contributed by atoms with Crippen molar-refractivity contribution >= 4 is 28.6 Å². The maximum Gasteiger partial charge on any atom is 0.339 e. The molecule has 0 saturated heterocycles. The monoisotopic (exact) mass is 360 g/mol. The molecule has 0 aromatic carbocycles. The molecule has 2 rings (SSSR count). The second-order valence-electron chi connectivity index (χ2n) is 3.64. The fraction of sp³-hybridized carbons (Fsp3) is 0.182. The van der Waals surface area contributed by atoms with E-state index in [1.165, 1.54) is 23.2 Å². The molecule has 18 heavy (non-hydrogen) atoms. The van der Waals surface area contributed by atoms with E-state index in [2.05, 4.69) is 4.98 Å². The number of aryl methyl sites for hydroxylation is 1. The van der Waals surface area contributed by atoms with Crippen LogP contribution in [-0.2, 0) is 6.54 Å². The third kappa shape index (κ3) is 2.30. The lowest BCUT2D eigenvalue weighted by Crippen LogP contribution is -2.25. The first-order chi connectivity index (χ1) is 8.50.